The average Bonchev–Trinajstić information content (AvgIpc) is 2.30. The van der Waals surface area contributed by atoms with Crippen LogP contribution in [-0.4, -0.2) is 69.7 Å². The fourth-order valence-corrected chi connectivity index (χ4v) is 3.32. The van der Waals surface area contributed by atoms with Crippen molar-refractivity contribution in [3.8, 4) is 0 Å². The summed E-state index contributed by atoms with van der Waals surface area (Å²) >= 11 is 0. The van der Waals surface area contributed by atoms with Crippen LogP contribution in [0.1, 0.15) is 27.2 Å². The lowest BCUT2D eigenvalue weighted by Crippen LogP contribution is -2.42. The first-order valence-electron chi connectivity index (χ1n) is 6.70. The molecule has 0 radical (unpaired) electrons. The third-order valence-corrected chi connectivity index (χ3v) is 5.26. The van der Waals surface area contributed by atoms with E-state index in [9.17, 15) is 8.42 Å². The van der Waals surface area contributed by atoms with Gasteiger partial charge in [0, 0.05) is 19.6 Å². The van der Waals surface area contributed by atoms with E-state index in [-0.39, 0.29) is 5.25 Å². The molecule has 0 aromatic heterocycles. The van der Waals surface area contributed by atoms with Crippen molar-refractivity contribution >= 4 is 10.0 Å². The molecule has 0 heterocycles. The molecule has 0 aromatic rings. The maximum atomic E-state index is 12.3. The summed E-state index contributed by atoms with van der Waals surface area (Å²) in [5, 5.41) is 2.73. The maximum absolute atomic E-state index is 12.3. The standard InChI is InChI=1S/C12H29N3O2S/c1-6-13-11-12(3)18(16,17)15(7-2)10-8-9-14(4)5/h12-13H,6-11H2,1-5H3. The smallest absolute Gasteiger partial charge is 0.217 e. The Kier molecular flexibility index (Phi) is 8.77. The van der Waals surface area contributed by atoms with Crippen molar-refractivity contribution in [1.82, 2.24) is 14.5 Å². The zero-order valence-corrected chi connectivity index (χ0v) is 13.3. The van der Waals surface area contributed by atoms with Crippen LogP contribution < -0.4 is 5.32 Å². The highest BCUT2D eigenvalue weighted by molar-refractivity contribution is 7.89. The first kappa shape index (κ1) is 17.8. The molecular formula is C12H29N3O2S. The van der Waals surface area contributed by atoms with E-state index >= 15 is 0 Å². The van der Waals surface area contributed by atoms with Crippen LogP contribution in [0.2, 0.25) is 0 Å². The first-order chi connectivity index (χ1) is 8.36. The summed E-state index contributed by atoms with van der Waals surface area (Å²) in [6.45, 7) is 9.02. The fraction of sp³-hybridized carbons (Fsp3) is 1.00. The van der Waals surface area contributed by atoms with Gasteiger partial charge in [0.1, 0.15) is 0 Å². The third kappa shape index (κ3) is 6.13. The van der Waals surface area contributed by atoms with Crippen molar-refractivity contribution in [2.75, 3.05) is 46.8 Å². The zero-order chi connectivity index (χ0) is 14.2. The Hall–Kier alpha value is -0.170. The van der Waals surface area contributed by atoms with Crippen LogP contribution in [-0.2, 0) is 10.0 Å². The van der Waals surface area contributed by atoms with Crippen LogP contribution in [0.4, 0.5) is 0 Å². The fourth-order valence-electron chi connectivity index (χ4n) is 1.74. The average molecular weight is 279 g/mol. The van der Waals surface area contributed by atoms with Gasteiger partial charge in [-0.2, -0.15) is 0 Å². The molecule has 5 nitrogen and oxygen atoms in total. The molecule has 0 saturated heterocycles. The highest BCUT2D eigenvalue weighted by atomic mass is 32.2. The number of hydrogen-bond donors (Lipinski definition) is 1. The second-order valence-corrected chi connectivity index (χ2v) is 7.16. The maximum Gasteiger partial charge on any atom is 0.217 e. The minimum absolute atomic E-state index is 0.364. The molecule has 0 rings (SSSR count). The highest BCUT2D eigenvalue weighted by Gasteiger charge is 2.26. The summed E-state index contributed by atoms with van der Waals surface area (Å²) < 4.78 is 26.2. The van der Waals surface area contributed by atoms with Gasteiger partial charge < -0.3 is 10.2 Å². The van der Waals surface area contributed by atoms with Gasteiger partial charge in [0.2, 0.25) is 10.0 Å². The predicted octanol–water partition coefficient (Wildman–Crippen LogP) is 0.588. The number of rotatable bonds is 10. The molecule has 0 aliphatic rings. The molecule has 1 atom stereocenters. The van der Waals surface area contributed by atoms with Crippen molar-refractivity contribution in [2.24, 2.45) is 0 Å². The lowest BCUT2D eigenvalue weighted by Gasteiger charge is -2.25. The van der Waals surface area contributed by atoms with E-state index < -0.39 is 10.0 Å². The summed E-state index contributed by atoms with van der Waals surface area (Å²) in [5.41, 5.74) is 0. The van der Waals surface area contributed by atoms with Crippen LogP contribution in [0.3, 0.4) is 0 Å². The molecule has 0 aliphatic heterocycles. The van der Waals surface area contributed by atoms with Gasteiger partial charge in [-0.05, 0) is 40.5 Å². The molecule has 0 amide bonds. The minimum atomic E-state index is -3.17. The lowest BCUT2D eigenvalue weighted by atomic mass is 10.4. The zero-order valence-electron chi connectivity index (χ0n) is 12.4. The highest BCUT2D eigenvalue weighted by Crippen LogP contribution is 2.09. The topological polar surface area (TPSA) is 52.7 Å². The Morgan fingerprint density at radius 3 is 2.22 bits per heavy atom. The minimum Gasteiger partial charge on any atom is -0.316 e. The van der Waals surface area contributed by atoms with Crippen molar-refractivity contribution in [3.05, 3.63) is 0 Å². The van der Waals surface area contributed by atoms with Gasteiger partial charge in [-0.3, -0.25) is 0 Å². The molecule has 0 bridgehead atoms. The van der Waals surface area contributed by atoms with Crippen molar-refractivity contribution in [3.63, 3.8) is 0 Å². The summed E-state index contributed by atoms with van der Waals surface area (Å²) in [6, 6.07) is 0. The van der Waals surface area contributed by atoms with Crippen LogP contribution >= 0.6 is 0 Å². The number of nitrogens with one attached hydrogen (secondary N) is 1. The molecule has 0 fully saturated rings. The van der Waals surface area contributed by atoms with Gasteiger partial charge in [-0.25, -0.2) is 12.7 Å². The van der Waals surface area contributed by atoms with Crippen LogP contribution in [0.5, 0.6) is 0 Å². The summed E-state index contributed by atoms with van der Waals surface area (Å²) in [4.78, 5) is 2.07. The Morgan fingerprint density at radius 2 is 1.78 bits per heavy atom. The van der Waals surface area contributed by atoms with Gasteiger partial charge in [0.15, 0.2) is 0 Å². The van der Waals surface area contributed by atoms with Crippen LogP contribution in [0.15, 0.2) is 0 Å². The summed E-state index contributed by atoms with van der Waals surface area (Å²) in [6.07, 6.45) is 0.869. The number of hydrogen-bond acceptors (Lipinski definition) is 4. The van der Waals surface area contributed by atoms with Crippen LogP contribution in [0, 0.1) is 0 Å². The third-order valence-electron chi connectivity index (χ3n) is 2.92. The van der Waals surface area contributed by atoms with E-state index in [0.29, 0.717) is 19.6 Å². The van der Waals surface area contributed by atoms with E-state index in [1.165, 1.54) is 0 Å². The monoisotopic (exact) mass is 279 g/mol. The Morgan fingerprint density at radius 1 is 1.17 bits per heavy atom. The molecular weight excluding hydrogens is 250 g/mol. The number of nitrogens with zero attached hydrogens (tertiary/aromatic N) is 2. The normalized spacial score (nSPS) is 14.4. The van der Waals surface area contributed by atoms with Gasteiger partial charge in [0.25, 0.3) is 0 Å². The molecule has 0 aliphatic carbocycles. The molecule has 110 valence electrons. The molecule has 0 aromatic carbocycles. The molecule has 0 saturated carbocycles. The Labute approximate surface area is 113 Å². The van der Waals surface area contributed by atoms with E-state index in [0.717, 1.165) is 19.5 Å². The van der Waals surface area contributed by atoms with Crippen molar-refractivity contribution in [1.29, 1.82) is 0 Å². The van der Waals surface area contributed by atoms with Gasteiger partial charge in [-0.15, -0.1) is 0 Å². The quantitative estimate of drug-likeness (QED) is 0.636. The number of sulfonamides is 1. The van der Waals surface area contributed by atoms with Crippen molar-refractivity contribution in [2.45, 2.75) is 32.4 Å². The van der Waals surface area contributed by atoms with E-state index in [4.69, 9.17) is 0 Å². The van der Waals surface area contributed by atoms with E-state index in [1.54, 1.807) is 11.2 Å². The second kappa shape index (κ2) is 8.85. The Balaban J connectivity index is 4.41. The lowest BCUT2D eigenvalue weighted by molar-refractivity contribution is 0.353. The molecule has 1 unspecified atom stereocenters. The first-order valence-corrected chi connectivity index (χ1v) is 8.20. The predicted molar refractivity (Wildman–Crippen MR) is 77.3 cm³/mol. The van der Waals surface area contributed by atoms with E-state index in [1.807, 2.05) is 27.9 Å². The van der Waals surface area contributed by atoms with Gasteiger partial charge >= 0.3 is 0 Å². The molecule has 18 heavy (non-hydrogen) atoms. The largest absolute Gasteiger partial charge is 0.316 e. The molecule has 1 N–H and O–H groups in total. The SMILES string of the molecule is CCNCC(C)S(=O)(=O)N(CC)CCCN(C)C. The second-order valence-electron chi connectivity index (χ2n) is 4.81. The van der Waals surface area contributed by atoms with Gasteiger partial charge in [0.05, 0.1) is 5.25 Å². The van der Waals surface area contributed by atoms with E-state index in [2.05, 4.69) is 10.2 Å². The molecule has 6 heteroatoms. The van der Waals surface area contributed by atoms with Gasteiger partial charge in [-0.1, -0.05) is 13.8 Å². The Bertz CT molecular complexity index is 304. The van der Waals surface area contributed by atoms with Crippen LogP contribution in [0.25, 0.3) is 0 Å². The summed E-state index contributed by atoms with van der Waals surface area (Å²) in [7, 11) is 0.828. The van der Waals surface area contributed by atoms with Crippen molar-refractivity contribution < 1.29 is 8.42 Å². The summed E-state index contributed by atoms with van der Waals surface area (Å²) in [5.74, 6) is 0. The molecule has 0 spiro atoms.